The molecule has 0 aliphatic rings. The van der Waals surface area contributed by atoms with Gasteiger partial charge in [-0.1, -0.05) is 11.6 Å². The first-order chi connectivity index (χ1) is 9.97. The van der Waals surface area contributed by atoms with Gasteiger partial charge in [-0.2, -0.15) is 5.10 Å². The van der Waals surface area contributed by atoms with Crippen molar-refractivity contribution < 1.29 is 4.79 Å². The van der Waals surface area contributed by atoms with Crippen LogP contribution in [0.3, 0.4) is 0 Å². The zero-order valence-electron chi connectivity index (χ0n) is 12.1. The summed E-state index contributed by atoms with van der Waals surface area (Å²) in [6, 6.07) is 3.54. The quantitative estimate of drug-likeness (QED) is 0.827. The first-order valence-electron chi connectivity index (χ1n) is 6.67. The van der Waals surface area contributed by atoms with Gasteiger partial charge in [-0.15, -0.1) is 0 Å². The van der Waals surface area contributed by atoms with Crippen LogP contribution in [-0.4, -0.2) is 27.2 Å². The molecule has 2 rings (SSSR count). The van der Waals surface area contributed by atoms with Gasteiger partial charge in [0.05, 0.1) is 16.3 Å². The Hall–Kier alpha value is -2.08. The lowest BCUT2D eigenvalue weighted by Gasteiger charge is -2.07. The fraction of sp³-hybridized carbons (Fsp3) is 0.357. The summed E-state index contributed by atoms with van der Waals surface area (Å²) in [5, 5.41) is 7.47. The SMILES string of the molecule is Cc1cc(C)n(CCCNC(=O)c2cnc(N)c(Cl)c2)n1. The first kappa shape index (κ1) is 15.3. The van der Waals surface area contributed by atoms with E-state index in [0.717, 1.165) is 24.4 Å². The second-order valence-electron chi connectivity index (χ2n) is 4.85. The number of hydrogen-bond donors (Lipinski definition) is 2. The molecule has 2 aromatic heterocycles. The van der Waals surface area contributed by atoms with Crippen LogP contribution < -0.4 is 11.1 Å². The number of halogens is 1. The van der Waals surface area contributed by atoms with Gasteiger partial charge in [-0.05, 0) is 32.4 Å². The molecule has 0 aliphatic carbocycles. The third-order valence-corrected chi connectivity index (χ3v) is 3.37. The molecule has 0 fully saturated rings. The van der Waals surface area contributed by atoms with Crippen LogP contribution in [0.25, 0.3) is 0 Å². The van der Waals surface area contributed by atoms with Gasteiger partial charge in [-0.3, -0.25) is 9.48 Å². The number of anilines is 1. The van der Waals surface area contributed by atoms with Crippen LogP contribution in [0.15, 0.2) is 18.3 Å². The molecule has 21 heavy (non-hydrogen) atoms. The molecule has 0 aliphatic heterocycles. The van der Waals surface area contributed by atoms with Gasteiger partial charge in [0.15, 0.2) is 0 Å². The molecule has 6 nitrogen and oxygen atoms in total. The van der Waals surface area contributed by atoms with Gasteiger partial charge in [0.1, 0.15) is 5.82 Å². The number of rotatable bonds is 5. The lowest BCUT2D eigenvalue weighted by molar-refractivity contribution is 0.0952. The Kier molecular flexibility index (Phi) is 4.80. The number of nitrogens with one attached hydrogen (secondary N) is 1. The maximum absolute atomic E-state index is 11.9. The van der Waals surface area contributed by atoms with Crippen LogP contribution >= 0.6 is 11.6 Å². The van der Waals surface area contributed by atoms with Gasteiger partial charge in [0.25, 0.3) is 5.91 Å². The minimum atomic E-state index is -0.210. The number of aryl methyl sites for hydroxylation is 3. The molecule has 0 aromatic carbocycles. The van der Waals surface area contributed by atoms with Crippen molar-refractivity contribution in [2.45, 2.75) is 26.8 Å². The summed E-state index contributed by atoms with van der Waals surface area (Å²) < 4.78 is 1.93. The largest absolute Gasteiger partial charge is 0.382 e. The van der Waals surface area contributed by atoms with Gasteiger partial charge < -0.3 is 11.1 Å². The van der Waals surface area contributed by atoms with Crippen molar-refractivity contribution in [1.29, 1.82) is 0 Å². The van der Waals surface area contributed by atoms with E-state index >= 15 is 0 Å². The minimum Gasteiger partial charge on any atom is -0.382 e. The van der Waals surface area contributed by atoms with Gasteiger partial charge in [-0.25, -0.2) is 4.98 Å². The van der Waals surface area contributed by atoms with E-state index in [4.69, 9.17) is 17.3 Å². The molecule has 0 atom stereocenters. The maximum atomic E-state index is 11.9. The summed E-state index contributed by atoms with van der Waals surface area (Å²) in [7, 11) is 0. The summed E-state index contributed by atoms with van der Waals surface area (Å²) >= 11 is 5.84. The topological polar surface area (TPSA) is 85.8 Å². The predicted molar refractivity (Wildman–Crippen MR) is 82.3 cm³/mol. The summed E-state index contributed by atoms with van der Waals surface area (Å²) in [4.78, 5) is 15.8. The number of aromatic nitrogens is 3. The molecule has 7 heteroatoms. The van der Waals surface area contributed by atoms with Crippen LogP contribution in [0, 0.1) is 13.8 Å². The Bertz CT molecular complexity index is 653. The summed E-state index contributed by atoms with van der Waals surface area (Å²) in [5.74, 6) is 0.00973. The van der Waals surface area contributed by atoms with Crippen molar-refractivity contribution in [3.05, 3.63) is 40.3 Å². The Morgan fingerprint density at radius 2 is 2.19 bits per heavy atom. The zero-order valence-corrected chi connectivity index (χ0v) is 12.8. The van der Waals surface area contributed by atoms with E-state index < -0.39 is 0 Å². The molecule has 1 amide bonds. The van der Waals surface area contributed by atoms with E-state index in [1.807, 2.05) is 24.6 Å². The number of amides is 1. The number of hydrogen-bond acceptors (Lipinski definition) is 4. The zero-order chi connectivity index (χ0) is 15.4. The lowest BCUT2D eigenvalue weighted by Crippen LogP contribution is -2.25. The molecule has 2 heterocycles. The van der Waals surface area contributed by atoms with Crippen molar-refractivity contribution in [2.24, 2.45) is 0 Å². The van der Waals surface area contributed by atoms with Crippen LogP contribution in [-0.2, 0) is 6.54 Å². The number of pyridine rings is 1. The smallest absolute Gasteiger partial charge is 0.252 e. The van der Waals surface area contributed by atoms with Crippen molar-refractivity contribution in [1.82, 2.24) is 20.1 Å². The minimum absolute atomic E-state index is 0.210. The average Bonchev–Trinajstić information content (AvgIpc) is 2.76. The molecular weight excluding hydrogens is 290 g/mol. The van der Waals surface area contributed by atoms with Gasteiger partial charge in [0, 0.05) is 25.0 Å². The molecule has 3 N–H and O–H groups in total. The number of carbonyl (C=O) groups is 1. The van der Waals surface area contributed by atoms with Crippen molar-refractivity contribution in [2.75, 3.05) is 12.3 Å². The Labute approximate surface area is 128 Å². The molecule has 0 unspecified atom stereocenters. The Morgan fingerprint density at radius 1 is 1.43 bits per heavy atom. The van der Waals surface area contributed by atoms with Crippen LogP contribution in [0.2, 0.25) is 5.02 Å². The third-order valence-electron chi connectivity index (χ3n) is 3.07. The maximum Gasteiger partial charge on any atom is 0.252 e. The number of nitrogen functional groups attached to an aromatic ring is 1. The van der Waals surface area contributed by atoms with E-state index in [2.05, 4.69) is 15.4 Å². The normalized spacial score (nSPS) is 10.6. The first-order valence-corrected chi connectivity index (χ1v) is 7.05. The second kappa shape index (κ2) is 6.58. The molecule has 0 saturated carbocycles. The monoisotopic (exact) mass is 307 g/mol. The highest BCUT2D eigenvalue weighted by Gasteiger charge is 2.08. The highest BCUT2D eigenvalue weighted by molar-refractivity contribution is 6.33. The van der Waals surface area contributed by atoms with E-state index in [1.54, 1.807) is 0 Å². The number of carbonyl (C=O) groups excluding carboxylic acids is 1. The third kappa shape index (κ3) is 3.95. The van der Waals surface area contributed by atoms with Gasteiger partial charge in [0.2, 0.25) is 0 Å². The van der Waals surface area contributed by atoms with Crippen molar-refractivity contribution in [3.8, 4) is 0 Å². The molecule has 0 spiro atoms. The highest BCUT2D eigenvalue weighted by atomic mass is 35.5. The van der Waals surface area contributed by atoms with Crippen LogP contribution in [0.1, 0.15) is 28.2 Å². The fourth-order valence-electron chi connectivity index (χ4n) is 2.01. The van der Waals surface area contributed by atoms with Gasteiger partial charge >= 0.3 is 0 Å². The number of nitrogens with zero attached hydrogens (tertiary/aromatic N) is 3. The summed E-state index contributed by atoms with van der Waals surface area (Å²) in [5.41, 5.74) is 8.03. The van der Waals surface area contributed by atoms with E-state index in [-0.39, 0.29) is 16.7 Å². The van der Waals surface area contributed by atoms with Crippen LogP contribution in [0.4, 0.5) is 5.82 Å². The molecule has 2 aromatic rings. The second-order valence-corrected chi connectivity index (χ2v) is 5.26. The standard InChI is InChI=1S/C14H18ClN5O/c1-9-6-10(2)20(19-9)5-3-4-17-14(21)11-7-12(15)13(16)18-8-11/h6-8H,3-5H2,1-2H3,(H2,16,18)(H,17,21). The lowest BCUT2D eigenvalue weighted by atomic mass is 10.2. The van der Waals surface area contributed by atoms with E-state index in [9.17, 15) is 4.79 Å². The summed E-state index contributed by atoms with van der Waals surface area (Å²) in [6.07, 6.45) is 2.21. The molecule has 0 bridgehead atoms. The van der Waals surface area contributed by atoms with Crippen molar-refractivity contribution >= 4 is 23.3 Å². The predicted octanol–water partition coefficient (Wildman–Crippen LogP) is 1.95. The van der Waals surface area contributed by atoms with E-state index in [1.165, 1.54) is 12.3 Å². The molecular formula is C14H18ClN5O. The van der Waals surface area contributed by atoms with Crippen LogP contribution in [0.5, 0.6) is 0 Å². The molecule has 0 radical (unpaired) electrons. The Morgan fingerprint density at radius 3 is 2.81 bits per heavy atom. The average molecular weight is 308 g/mol. The Balaban J connectivity index is 1.81. The fourth-order valence-corrected chi connectivity index (χ4v) is 2.17. The van der Waals surface area contributed by atoms with E-state index in [0.29, 0.717) is 12.1 Å². The number of nitrogens with two attached hydrogens (primary N) is 1. The summed E-state index contributed by atoms with van der Waals surface area (Å²) in [6.45, 7) is 5.30. The van der Waals surface area contributed by atoms with Crippen molar-refractivity contribution in [3.63, 3.8) is 0 Å². The molecule has 112 valence electrons. The molecule has 0 saturated heterocycles. The highest BCUT2D eigenvalue weighted by Crippen LogP contribution is 2.16.